The number of urea groups is 1. The van der Waals surface area contributed by atoms with Crippen molar-refractivity contribution in [3.63, 3.8) is 0 Å². The first-order chi connectivity index (χ1) is 12.8. The first kappa shape index (κ1) is 17.5. The lowest BCUT2D eigenvalue weighted by Gasteiger charge is -2.18. The molecule has 0 saturated carbocycles. The molecule has 5 nitrogen and oxygen atoms in total. The van der Waals surface area contributed by atoms with Crippen molar-refractivity contribution in [2.75, 3.05) is 11.9 Å². The fraction of sp³-hybridized carbons (Fsp3) is 0.0952. The summed E-state index contributed by atoms with van der Waals surface area (Å²) in [7, 11) is 0. The number of ether oxygens (including phenoxy) is 1. The number of hydrogen-bond acceptors (Lipinski definition) is 3. The normalized spacial score (nSPS) is 11.4. The van der Waals surface area contributed by atoms with Gasteiger partial charge in [-0.2, -0.15) is 0 Å². The van der Waals surface area contributed by atoms with Crippen LogP contribution in [0.4, 0.5) is 10.5 Å². The van der Waals surface area contributed by atoms with Gasteiger partial charge in [0.05, 0.1) is 18.3 Å². The Hall–Kier alpha value is -3.31. The van der Waals surface area contributed by atoms with Crippen LogP contribution in [0.2, 0.25) is 0 Å². The number of amides is 2. The molecule has 0 aromatic heterocycles. The van der Waals surface area contributed by atoms with Crippen LogP contribution in [0.15, 0.2) is 84.9 Å². The van der Waals surface area contributed by atoms with E-state index in [-0.39, 0.29) is 6.61 Å². The molecule has 0 bridgehead atoms. The number of benzene rings is 3. The third-order valence-electron chi connectivity index (χ3n) is 3.80. The molecule has 3 rings (SSSR count). The van der Waals surface area contributed by atoms with Crippen LogP contribution in [0.5, 0.6) is 11.5 Å². The van der Waals surface area contributed by atoms with Gasteiger partial charge in [0.25, 0.3) is 0 Å². The van der Waals surface area contributed by atoms with E-state index in [1.54, 1.807) is 12.1 Å². The van der Waals surface area contributed by atoms with E-state index in [1.807, 2.05) is 72.8 Å². The zero-order valence-electron chi connectivity index (χ0n) is 14.1. The molecule has 0 fully saturated rings. The molecule has 0 heterocycles. The third kappa shape index (κ3) is 4.62. The third-order valence-corrected chi connectivity index (χ3v) is 3.80. The number of aliphatic hydroxyl groups is 1. The van der Waals surface area contributed by atoms with Gasteiger partial charge in [0, 0.05) is 0 Å². The van der Waals surface area contributed by atoms with Gasteiger partial charge >= 0.3 is 6.03 Å². The Labute approximate surface area is 152 Å². The predicted octanol–water partition coefficient (Wildman–Crippen LogP) is 4.33. The predicted molar refractivity (Wildman–Crippen MR) is 101 cm³/mol. The molecule has 3 N–H and O–H groups in total. The summed E-state index contributed by atoms with van der Waals surface area (Å²) in [6.07, 6.45) is 0. The van der Waals surface area contributed by atoms with Crippen LogP contribution in [0.3, 0.4) is 0 Å². The minimum Gasteiger partial charge on any atom is -0.455 e. The molecular formula is C21H20N2O3. The SMILES string of the molecule is O=C(Nc1ccccc1Oc1ccccc1)NC(CO)c1ccccc1. The Balaban J connectivity index is 1.69. The molecule has 1 unspecified atom stereocenters. The summed E-state index contributed by atoms with van der Waals surface area (Å²) in [6.45, 7) is -0.195. The summed E-state index contributed by atoms with van der Waals surface area (Å²) in [5.74, 6) is 1.22. The summed E-state index contributed by atoms with van der Waals surface area (Å²) in [5, 5.41) is 15.1. The molecule has 1 atom stereocenters. The molecule has 132 valence electrons. The maximum atomic E-state index is 12.4. The maximum absolute atomic E-state index is 12.4. The first-order valence-electron chi connectivity index (χ1n) is 8.31. The summed E-state index contributed by atoms with van der Waals surface area (Å²) in [4.78, 5) is 12.4. The van der Waals surface area contributed by atoms with E-state index >= 15 is 0 Å². The zero-order chi connectivity index (χ0) is 18.2. The van der Waals surface area contributed by atoms with Crippen molar-refractivity contribution < 1.29 is 14.6 Å². The minimum absolute atomic E-state index is 0.195. The molecule has 3 aromatic carbocycles. The van der Waals surface area contributed by atoms with Crippen molar-refractivity contribution in [1.82, 2.24) is 5.32 Å². The average Bonchev–Trinajstić information content (AvgIpc) is 2.69. The molecule has 5 heteroatoms. The highest BCUT2D eigenvalue weighted by molar-refractivity contribution is 5.91. The molecule has 0 saturated heterocycles. The first-order valence-corrected chi connectivity index (χ1v) is 8.31. The molecule has 0 spiro atoms. The zero-order valence-corrected chi connectivity index (χ0v) is 14.1. The van der Waals surface area contributed by atoms with Crippen LogP contribution in [-0.4, -0.2) is 17.7 Å². The highest BCUT2D eigenvalue weighted by Crippen LogP contribution is 2.29. The van der Waals surface area contributed by atoms with Crippen LogP contribution in [-0.2, 0) is 0 Å². The fourth-order valence-corrected chi connectivity index (χ4v) is 2.51. The molecule has 26 heavy (non-hydrogen) atoms. The lowest BCUT2D eigenvalue weighted by atomic mass is 10.1. The standard InChI is InChI=1S/C21H20N2O3/c24-15-19(16-9-3-1-4-10-16)23-21(25)22-18-13-7-8-14-20(18)26-17-11-5-2-6-12-17/h1-14,19,24H,15H2,(H2,22,23,25). The fourth-order valence-electron chi connectivity index (χ4n) is 2.51. The number of carbonyl (C=O) groups is 1. The van der Waals surface area contributed by atoms with Gasteiger partial charge in [-0.3, -0.25) is 0 Å². The van der Waals surface area contributed by atoms with Crippen LogP contribution in [0, 0.1) is 0 Å². The van der Waals surface area contributed by atoms with E-state index in [2.05, 4.69) is 10.6 Å². The molecular weight excluding hydrogens is 328 g/mol. The van der Waals surface area contributed by atoms with Crippen molar-refractivity contribution in [3.05, 3.63) is 90.5 Å². The van der Waals surface area contributed by atoms with Gasteiger partial charge in [-0.25, -0.2) is 4.79 Å². The second kappa shape index (κ2) is 8.69. The monoisotopic (exact) mass is 348 g/mol. The van der Waals surface area contributed by atoms with E-state index in [9.17, 15) is 9.90 Å². The van der Waals surface area contributed by atoms with Crippen molar-refractivity contribution in [3.8, 4) is 11.5 Å². The molecule has 3 aromatic rings. The van der Waals surface area contributed by atoms with Gasteiger partial charge in [-0.15, -0.1) is 0 Å². The number of aliphatic hydroxyl groups excluding tert-OH is 1. The smallest absolute Gasteiger partial charge is 0.319 e. The Bertz CT molecular complexity index is 838. The lowest BCUT2D eigenvalue weighted by Crippen LogP contribution is -2.34. The molecule has 0 aliphatic carbocycles. The second-order valence-corrected chi connectivity index (χ2v) is 5.66. The topological polar surface area (TPSA) is 70.6 Å². The number of para-hydroxylation sites is 3. The Morgan fingerprint density at radius 2 is 1.50 bits per heavy atom. The van der Waals surface area contributed by atoms with E-state index in [0.717, 1.165) is 5.56 Å². The lowest BCUT2D eigenvalue weighted by molar-refractivity contribution is 0.225. The van der Waals surface area contributed by atoms with E-state index in [1.165, 1.54) is 0 Å². The highest BCUT2D eigenvalue weighted by Gasteiger charge is 2.14. The Kier molecular flexibility index (Phi) is 5.85. The van der Waals surface area contributed by atoms with E-state index in [0.29, 0.717) is 17.2 Å². The van der Waals surface area contributed by atoms with Crippen LogP contribution >= 0.6 is 0 Å². The van der Waals surface area contributed by atoms with Crippen LogP contribution in [0.1, 0.15) is 11.6 Å². The molecule has 2 amide bonds. The molecule has 0 aliphatic heterocycles. The largest absolute Gasteiger partial charge is 0.455 e. The van der Waals surface area contributed by atoms with Gasteiger partial charge in [-0.1, -0.05) is 60.7 Å². The van der Waals surface area contributed by atoms with Gasteiger partial charge in [0.15, 0.2) is 5.75 Å². The number of nitrogens with one attached hydrogen (secondary N) is 2. The Morgan fingerprint density at radius 3 is 2.19 bits per heavy atom. The summed E-state index contributed by atoms with van der Waals surface area (Å²) >= 11 is 0. The second-order valence-electron chi connectivity index (χ2n) is 5.66. The quantitative estimate of drug-likeness (QED) is 0.621. The summed E-state index contributed by atoms with van der Waals surface area (Å²) in [6, 6.07) is 24.9. The molecule has 0 aliphatic rings. The van der Waals surface area contributed by atoms with Gasteiger partial charge in [0.2, 0.25) is 0 Å². The van der Waals surface area contributed by atoms with Crippen LogP contribution in [0.25, 0.3) is 0 Å². The van der Waals surface area contributed by atoms with Crippen molar-refractivity contribution in [2.45, 2.75) is 6.04 Å². The maximum Gasteiger partial charge on any atom is 0.319 e. The Morgan fingerprint density at radius 1 is 0.885 bits per heavy atom. The average molecular weight is 348 g/mol. The summed E-state index contributed by atoms with van der Waals surface area (Å²) in [5.41, 5.74) is 1.37. The number of hydrogen-bond donors (Lipinski definition) is 3. The van der Waals surface area contributed by atoms with Crippen molar-refractivity contribution in [1.29, 1.82) is 0 Å². The van der Waals surface area contributed by atoms with Gasteiger partial charge in [0.1, 0.15) is 5.75 Å². The van der Waals surface area contributed by atoms with Gasteiger partial charge in [-0.05, 0) is 29.8 Å². The minimum atomic E-state index is -0.488. The number of anilines is 1. The van der Waals surface area contributed by atoms with E-state index in [4.69, 9.17) is 4.74 Å². The van der Waals surface area contributed by atoms with E-state index < -0.39 is 12.1 Å². The van der Waals surface area contributed by atoms with Crippen molar-refractivity contribution in [2.24, 2.45) is 0 Å². The highest BCUT2D eigenvalue weighted by atomic mass is 16.5. The van der Waals surface area contributed by atoms with Crippen molar-refractivity contribution >= 4 is 11.7 Å². The van der Waals surface area contributed by atoms with Crippen LogP contribution < -0.4 is 15.4 Å². The number of carbonyl (C=O) groups excluding carboxylic acids is 1. The number of rotatable bonds is 6. The molecule has 0 radical (unpaired) electrons. The summed E-state index contributed by atoms with van der Waals surface area (Å²) < 4.78 is 5.83. The van der Waals surface area contributed by atoms with Gasteiger partial charge < -0.3 is 20.5 Å².